The fourth-order valence-corrected chi connectivity index (χ4v) is 1.52. The molecule has 0 radical (unpaired) electrons. The first-order valence-electron chi connectivity index (χ1n) is 5.77. The zero-order chi connectivity index (χ0) is 13.5. The van der Waals surface area contributed by atoms with Crippen molar-refractivity contribution in [2.75, 3.05) is 6.54 Å². The number of carbonyl (C=O) groups is 1. The predicted molar refractivity (Wildman–Crippen MR) is 64.5 cm³/mol. The fourth-order valence-electron chi connectivity index (χ4n) is 1.52. The number of hydrogen-bond donors (Lipinski definition) is 2. The van der Waals surface area contributed by atoms with Crippen molar-refractivity contribution in [3.05, 3.63) is 35.4 Å². The van der Waals surface area contributed by atoms with Crippen molar-refractivity contribution in [2.45, 2.75) is 32.3 Å². The standard InChI is InChI=1S/C13H17F2NO2/c1-9-3-2-4-10(7-9)5-6-12(18)16-8-11(17)13(14)15/h2-4,7,11,13,17H,5-6,8H2,1H3,(H,16,18). The van der Waals surface area contributed by atoms with E-state index in [1.807, 2.05) is 31.2 Å². The molecule has 1 atom stereocenters. The fraction of sp³-hybridized carbons (Fsp3) is 0.462. The molecule has 5 heteroatoms. The van der Waals surface area contributed by atoms with Crippen molar-refractivity contribution in [1.82, 2.24) is 5.32 Å². The van der Waals surface area contributed by atoms with Crippen LogP contribution in [0.1, 0.15) is 17.5 Å². The predicted octanol–water partition coefficient (Wildman–Crippen LogP) is 1.67. The van der Waals surface area contributed by atoms with Crippen LogP contribution in [0.3, 0.4) is 0 Å². The molecule has 0 aliphatic rings. The first-order chi connectivity index (χ1) is 8.49. The number of hydrogen-bond acceptors (Lipinski definition) is 2. The Balaban J connectivity index is 2.29. The van der Waals surface area contributed by atoms with Gasteiger partial charge in [0, 0.05) is 13.0 Å². The highest BCUT2D eigenvalue weighted by Crippen LogP contribution is 2.06. The summed E-state index contributed by atoms with van der Waals surface area (Å²) in [5.41, 5.74) is 2.14. The number of rotatable bonds is 6. The summed E-state index contributed by atoms with van der Waals surface area (Å²) in [4.78, 5) is 11.4. The van der Waals surface area contributed by atoms with Crippen molar-refractivity contribution in [3.8, 4) is 0 Å². The van der Waals surface area contributed by atoms with Crippen LogP contribution in [0.15, 0.2) is 24.3 Å². The van der Waals surface area contributed by atoms with Gasteiger partial charge in [0.2, 0.25) is 5.91 Å². The maximum atomic E-state index is 12.0. The van der Waals surface area contributed by atoms with E-state index in [1.54, 1.807) is 0 Å². The Bertz CT molecular complexity index is 396. The van der Waals surface area contributed by atoms with Crippen LogP contribution >= 0.6 is 0 Å². The van der Waals surface area contributed by atoms with Gasteiger partial charge in [-0.2, -0.15) is 0 Å². The lowest BCUT2D eigenvalue weighted by Gasteiger charge is -2.10. The smallest absolute Gasteiger partial charge is 0.265 e. The zero-order valence-electron chi connectivity index (χ0n) is 10.2. The van der Waals surface area contributed by atoms with Crippen LogP contribution in [-0.2, 0) is 11.2 Å². The summed E-state index contributed by atoms with van der Waals surface area (Å²) in [6.07, 6.45) is -3.85. The Labute approximate surface area is 105 Å². The molecule has 1 amide bonds. The van der Waals surface area contributed by atoms with E-state index in [0.717, 1.165) is 11.1 Å². The highest BCUT2D eigenvalue weighted by molar-refractivity contribution is 5.76. The van der Waals surface area contributed by atoms with E-state index < -0.39 is 19.1 Å². The van der Waals surface area contributed by atoms with E-state index in [9.17, 15) is 13.6 Å². The van der Waals surface area contributed by atoms with Crippen LogP contribution in [0.4, 0.5) is 8.78 Å². The molecule has 0 aliphatic carbocycles. The van der Waals surface area contributed by atoms with Gasteiger partial charge in [0.1, 0.15) is 6.10 Å². The lowest BCUT2D eigenvalue weighted by atomic mass is 10.1. The molecule has 0 saturated carbocycles. The molecule has 100 valence electrons. The first kappa shape index (κ1) is 14.6. The van der Waals surface area contributed by atoms with Crippen molar-refractivity contribution in [2.24, 2.45) is 0 Å². The maximum absolute atomic E-state index is 12.0. The van der Waals surface area contributed by atoms with Gasteiger partial charge in [-0.3, -0.25) is 4.79 Å². The quantitative estimate of drug-likeness (QED) is 0.814. The normalized spacial score (nSPS) is 12.5. The molecule has 1 unspecified atom stereocenters. The first-order valence-corrected chi connectivity index (χ1v) is 5.77. The van der Waals surface area contributed by atoms with Crippen LogP contribution in [0.2, 0.25) is 0 Å². The third-order valence-electron chi connectivity index (χ3n) is 2.52. The van der Waals surface area contributed by atoms with Crippen LogP contribution in [0.25, 0.3) is 0 Å². The SMILES string of the molecule is Cc1cccc(CCC(=O)NCC(O)C(F)F)c1. The second-order valence-electron chi connectivity index (χ2n) is 4.19. The number of nitrogens with one attached hydrogen (secondary N) is 1. The molecule has 0 fully saturated rings. The summed E-state index contributed by atoms with van der Waals surface area (Å²) in [6.45, 7) is 1.55. The van der Waals surface area contributed by atoms with Gasteiger partial charge in [-0.15, -0.1) is 0 Å². The molecule has 0 bridgehead atoms. The molecule has 2 N–H and O–H groups in total. The minimum absolute atomic E-state index is 0.222. The third-order valence-corrected chi connectivity index (χ3v) is 2.52. The van der Waals surface area contributed by atoms with Gasteiger partial charge in [0.05, 0.1) is 0 Å². The largest absolute Gasteiger partial charge is 0.385 e. The molecule has 1 rings (SSSR count). The van der Waals surface area contributed by atoms with Gasteiger partial charge < -0.3 is 10.4 Å². The number of aliphatic hydroxyl groups excluding tert-OH is 1. The van der Waals surface area contributed by atoms with E-state index in [2.05, 4.69) is 5.32 Å². The van der Waals surface area contributed by atoms with Crippen LogP contribution in [-0.4, -0.2) is 30.1 Å². The molecule has 0 heterocycles. The average molecular weight is 257 g/mol. The van der Waals surface area contributed by atoms with Gasteiger partial charge in [-0.25, -0.2) is 8.78 Å². The summed E-state index contributed by atoms with van der Waals surface area (Å²) in [5.74, 6) is -0.337. The number of alkyl halides is 2. The molecule has 0 aliphatic heterocycles. The second-order valence-corrected chi connectivity index (χ2v) is 4.19. The van der Waals surface area contributed by atoms with E-state index in [-0.39, 0.29) is 12.3 Å². The lowest BCUT2D eigenvalue weighted by Crippen LogP contribution is -2.35. The van der Waals surface area contributed by atoms with E-state index >= 15 is 0 Å². The Kier molecular flexibility index (Phi) is 5.71. The summed E-state index contributed by atoms with van der Waals surface area (Å²) in [6, 6.07) is 7.75. The van der Waals surface area contributed by atoms with Crippen molar-refractivity contribution < 1.29 is 18.7 Å². The lowest BCUT2D eigenvalue weighted by molar-refractivity contribution is -0.122. The number of aliphatic hydroxyl groups is 1. The van der Waals surface area contributed by atoms with Gasteiger partial charge in [0.15, 0.2) is 0 Å². The Morgan fingerprint density at radius 1 is 1.44 bits per heavy atom. The molecule has 1 aromatic carbocycles. The van der Waals surface area contributed by atoms with Gasteiger partial charge >= 0.3 is 0 Å². The summed E-state index contributed by atoms with van der Waals surface area (Å²) >= 11 is 0. The number of halogens is 2. The van der Waals surface area contributed by atoms with Crippen molar-refractivity contribution >= 4 is 5.91 Å². The number of aryl methyl sites for hydroxylation is 2. The highest BCUT2D eigenvalue weighted by atomic mass is 19.3. The van der Waals surface area contributed by atoms with Gasteiger partial charge in [-0.05, 0) is 18.9 Å². The number of benzene rings is 1. The number of amides is 1. The topological polar surface area (TPSA) is 49.3 Å². The van der Waals surface area contributed by atoms with E-state index in [0.29, 0.717) is 6.42 Å². The van der Waals surface area contributed by atoms with Crippen LogP contribution in [0.5, 0.6) is 0 Å². The molecular weight excluding hydrogens is 240 g/mol. The molecule has 0 spiro atoms. The molecule has 3 nitrogen and oxygen atoms in total. The Morgan fingerprint density at radius 3 is 2.78 bits per heavy atom. The molecule has 0 aromatic heterocycles. The third kappa shape index (κ3) is 5.23. The minimum Gasteiger partial charge on any atom is -0.385 e. The second kappa shape index (κ2) is 7.06. The summed E-state index contributed by atoms with van der Waals surface area (Å²) in [7, 11) is 0. The van der Waals surface area contributed by atoms with Crippen LogP contribution in [0, 0.1) is 6.92 Å². The Hall–Kier alpha value is -1.49. The molecule has 1 aromatic rings. The van der Waals surface area contributed by atoms with Crippen LogP contribution < -0.4 is 5.32 Å². The van der Waals surface area contributed by atoms with E-state index in [1.165, 1.54) is 0 Å². The molecule has 18 heavy (non-hydrogen) atoms. The Morgan fingerprint density at radius 2 is 2.17 bits per heavy atom. The highest BCUT2D eigenvalue weighted by Gasteiger charge is 2.17. The minimum atomic E-state index is -2.83. The average Bonchev–Trinajstić information content (AvgIpc) is 2.33. The maximum Gasteiger partial charge on any atom is 0.265 e. The van der Waals surface area contributed by atoms with Crippen molar-refractivity contribution in [3.63, 3.8) is 0 Å². The van der Waals surface area contributed by atoms with E-state index in [4.69, 9.17) is 5.11 Å². The number of carbonyl (C=O) groups excluding carboxylic acids is 1. The molecule has 0 saturated heterocycles. The summed E-state index contributed by atoms with van der Waals surface area (Å²) < 4.78 is 23.9. The zero-order valence-corrected chi connectivity index (χ0v) is 10.2. The monoisotopic (exact) mass is 257 g/mol. The summed E-state index contributed by atoms with van der Waals surface area (Å²) in [5, 5.41) is 11.1. The van der Waals surface area contributed by atoms with Gasteiger partial charge in [-0.1, -0.05) is 29.8 Å². The van der Waals surface area contributed by atoms with Crippen molar-refractivity contribution in [1.29, 1.82) is 0 Å². The molecular formula is C13H17F2NO2. The van der Waals surface area contributed by atoms with Gasteiger partial charge in [0.25, 0.3) is 6.43 Å².